The van der Waals surface area contributed by atoms with Crippen LogP contribution < -0.4 is 20.7 Å². The molecule has 0 fully saturated rings. The summed E-state index contributed by atoms with van der Waals surface area (Å²) in [6.45, 7) is 7.51. The first-order valence-corrected chi connectivity index (χ1v) is 12.0. The number of nitrogens with zero attached hydrogens (tertiary/aromatic N) is 3. The summed E-state index contributed by atoms with van der Waals surface area (Å²) in [6.07, 6.45) is -0.817. The van der Waals surface area contributed by atoms with E-state index >= 15 is 0 Å². The molecule has 2 heterocycles. The fraction of sp³-hybridized carbons (Fsp3) is 0.560. The molecule has 0 saturated carbocycles. The quantitative estimate of drug-likeness (QED) is 0.339. The fourth-order valence-corrected chi connectivity index (χ4v) is 3.56. The number of carbonyl (C=O) groups is 1. The van der Waals surface area contributed by atoms with E-state index in [0.717, 1.165) is 44.1 Å². The van der Waals surface area contributed by atoms with E-state index in [0.29, 0.717) is 24.7 Å². The number of aromatic nitrogens is 2. The van der Waals surface area contributed by atoms with E-state index in [1.165, 1.54) is 12.1 Å². The monoisotopic (exact) mass is 515 g/mol. The average molecular weight is 516 g/mol. The Kier molecular flexibility index (Phi) is 13.0. The molecule has 1 amide bonds. The largest absolute Gasteiger partial charge is 0.468 e. The van der Waals surface area contributed by atoms with Crippen LogP contribution in [0.3, 0.4) is 0 Å². The molecule has 8 nitrogen and oxygen atoms in total. The van der Waals surface area contributed by atoms with Crippen LogP contribution in [0.2, 0.25) is 0 Å². The van der Waals surface area contributed by atoms with Crippen LogP contribution in [0.4, 0.5) is 24.8 Å². The summed E-state index contributed by atoms with van der Waals surface area (Å²) >= 11 is 0. The number of nitrogen functional groups attached to an aromatic ring is 1. The number of rotatable bonds is 12. The fourth-order valence-electron chi connectivity index (χ4n) is 3.56. The van der Waals surface area contributed by atoms with Gasteiger partial charge in [-0.15, -0.1) is 0 Å². The van der Waals surface area contributed by atoms with E-state index < -0.39 is 12.8 Å². The van der Waals surface area contributed by atoms with E-state index in [4.69, 9.17) is 15.6 Å². The van der Waals surface area contributed by atoms with Gasteiger partial charge in [0.05, 0.1) is 11.6 Å². The van der Waals surface area contributed by atoms with Gasteiger partial charge in [0, 0.05) is 33.4 Å². The van der Waals surface area contributed by atoms with Gasteiger partial charge in [0.1, 0.15) is 11.6 Å². The molecule has 1 unspecified atom stereocenters. The molecule has 36 heavy (non-hydrogen) atoms. The first-order chi connectivity index (χ1) is 17.0. The number of aliphatic hydroxyl groups excluding tert-OH is 1. The van der Waals surface area contributed by atoms with Crippen molar-refractivity contribution in [2.45, 2.75) is 65.6 Å². The highest BCUT2D eigenvalue weighted by Gasteiger charge is 2.29. The zero-order valence-corrected chi connectivity index (χ0v) is 21.7. The summed E-state index contributed by atoms with van der Waals surface area (Å²) in [5.74, 6) is 0.107. The number of hydrogen-bond acceptors (Lipinski definition) is 7. The SMILES string of the molecule is CCCCCN(CCC)c1nc(OCC(F)(F)F)ccc1C(=O)NC(C)c1cc(C)nc(N)c1.CO.[HH]. The molecule has 204 valence electrons. The summed E-state index contributed by atoms with van der Waals surface area (Å²) in [6, 6.07) is 5.91. The molecule has 2 aromatic heterocycles. The number of unbranched alkanes of at least 4 members (excludes halogenated alkanes) is 2. The minimum Gasteiger partial charge on any atom is -0.468 e. The molecule has 0 saturated heterocycles. The normalized spacial score (nSPS) is 11.8. The Morgan fingerprint density at radius 2 is 1.86 bits per heavy atom. The third-order valence-electron chi connectivity index (χ3n) is 5.15. The van der Waals surface area contributed by atoms with Gasteiger partial charge >= 0.3 is 6.18 Å². The Morgan fingerprint density at radius 1 is 1.17 bits per heavy atom. The zero-order valence-electron chi connectivity index (χ0n) is 21.7. The topological polar surface area (TPSA) is 114 Å². The molecule has 0 aliphatic carbocycles. The molecule has 2 rings (SSSR count). The lowest BCUT2D eigenvalue weighted by atomic mass is 10.1. The average Bonchev–Trinajstić information content (AvgIpc) is 2.82. The molecule has 0 spiro atoms. The molecule has 2 aromatic rings. The summed E-state index contributed by atoms with van der Waals surface area (Å²) in [7, 11) is 1.00. The van der Waals surface area contributed by atoms with Crippen LogP contribution in [0.5, 0.6) is 5.88 Å². The number of nitrogens with one attached hydrogen (secondary N) is 1. The van der Waals surface area contributed by atoms with Crippen molar-refractivity contribution >= 4 is 17.5 Å². The van der Waals surface area contributed by atoms with E-state index in [2.05, 4.69) is 22.2 Å². The van der Waals surface area contributed by atoms with Crippen LogP contribution in [0.15, 0.2) is 24.3 Å². The summed E-state index contributed by atoms with van der Waals surface area (Å²) in [5.41, 5.74) is 7.64. The highest BCUT2D eigenvalue weighted by molar-refractivity contribution is 5.99. The van der Waals surface area contributed by atoms with Crippen molar-refractivity contribution in [2.75, 3.05) is 37.4 Å². The van der Waals surface area contributed by atoms with Gasteiger partial charge in [-0.3, -0.25) is 4.79 Å². The standard InChI is InChI=1S/C24H34F3N5O2.CH4O.H2/c1-5-7-8-12-32(11-6-2)22-19(9-10-21(31-22)34-15-24(25,26)27)23(33)30-17(4)18-13-16(3)29-20(28)14-18;1-2;/h9-10,13-14,17H,5-8,11-12,15H2,1-4H3,(H2,28,29)(H,30,33);2H,1H3;1H. The van der Waals surface area contributed by atoms with Gasteiger partial charge in [0.2, 0.25) is 5.88 Å². The first-order valence-electron chi connectivity index (χ1n) is 12.0. The lowest BCUT2D eigenvalue weighted by Crippen LogP contribution is -2.32. The number of pyridine rings is 2. The van der Waals surface area contributed by atoms with Gasteiger partial charge in [-0.25, -0.2) is 4.98 Å². The van der Waals surface area contributed by atoms with Crippen molar-refractivity contribution in [3.8, 4) is 5.88 Å². The van der Waals surface area contributed by atoms with Gasteiger partial charge in [0.15, 0.2) is 6.61 Å². The lowest BCUT2D eigenvalue weighted by molar-refractivity contribution is -0.154. The van der Waals surface area contributed by atoms with Gasteiger partial charge in [0.25, 0.3) is 5.91 Å². The van der Waals surface area contributed by atoms with Crippen molar-refractivity contribution in [2.24, 2.45) is 0 Å². The number of carbonyl (C=O) groups excluding carboxylic acids is 1. The molecular weight excluding hydrogens is 475 g/mol. The Morgan fingerprint density at radius 3 is 2.44 bits per heavy atom. The number of aryl methyl sites for hydroxylation is 1. The van der Waals surface area contributed by atoms with E-state index in [9.17, 15) is 18.0 Å². The Balaban J connectivity index is 0.00000421. The zero-order chi connectivity index (χ0) is 27.3. The molecule has 0 bridgehead atoms. The number of nitrogens with two attached hydrogens (primary N) is 1. The summed E-state index contributed by atoms with van der Waals surface area (Å²) in [5, 5.41) is 9.94. The van der Waals surface area contributed by atoms with Crippen LogP contribution in [0.25, 0.3) is 0 Å². The molecular formula is C25H40F3N5O3. The number of anilines is 2. The van der Waals surface area contributed by atoms with Crippen molar-refractivity contribution in [1.29, 1.82) is 0 Å². The molecule has 11 heteroatoms. The highest BCUT2D eigenvalue weighted by Crippen LogP contribution is 2.26. The second kappa shape index (κ2) is 15.1. The molecule has 0 aliphatic heterocycles. The van der Waals surface area contributed by atoms with Crippen LogP contribution in [0.1, 0.15) is 75.5 Å². The van der Waals surface area contributed by atoms with Gasteiger partial charge in [-0.2, -0.15) is 18.2 Å². The van der Waals surface area contributed by atoms with Gasteiger partial charge < -0.3 is 25.8 Å². The Labute approximate surface area is 212 Å². The van der Waals surface area contributed by atoms with Gasteiger partial charge in [-0.05, 0) is 50.5 Å². The molecule has 1 atom stereocenters. The third-order valence-corrected chi connectivity index (χ3v) is 5.15. The van der Waals surface area contributed by atoms with Crippen LogP contribution in [-0.4, -0.2) is 54.0 Å². The highest BCUT2D eigenvalue weighted by atomic mass is 19.4. The second-order valence-corrected chi connectivity index (χ2v) is 8.28. The van der Waals surface area contributed by atoms with Crippen molar-refractivity contribution in [3.05, 3.63) is 41.1 Å². The van der Waals surface area contributed by atoms with Crippen LogP contribution >= 0.6 is 0 Å². The minimum atomic E-state index is -4.48. The first kappa shape index (κ1) is 31.0. The maximum Gasteiger partial charge on any atom is 0.422 e. The smallest absolute Gasteiger partial charge is 0.422 e. The number of aliphatic hydroxyl groups is 1. The number of ether oxygens (including phenoxy) is 1. The summed E-state index contributed by atoms with van der Waals surface area (Å²) in [4.78, 5) is 23.6. The molecule has 0 radical (unpaired) electrons. The summed E-state index contributed by atoms with van der Waals surface area (Å²) < 4.78 is 42.8. The van der Waals surface area contributed by atoms with Crippen molar-refractivity contribution in [1.82, 2.24) is 15.3 Å². The number of amides is 1. The molecule has 4 N–H and O–H groups in total. The number of halogens is 3. The lowest BCUT2D eigenvalue weighted by Gasteiger charge is -2.26. The maximum atomic E-state index is 13.2. The number of alkyl halides is 3. The third kappa shape index (κ3) is 10.3. The minimum absolute atomic E-state index is 0. The second-order valence-electron chi connectivity index (χ2n) is 8.28. The predicted octanol–water partition coefficient (Wildman–Crippen LogP) is 5.06. The van der Waals surface area contributed by atoms with E-state index in [1.807, 2.05) is 31.7 Å². The van der Waals surface area contributed by atoms with Crippen molar-refractivity contribution in [3.63, 3.8) is 0 Å². The van der Waals surface area contributed by atoms with Crippen molar-refractivity contribution < 1.29 is 29.2 Å². The molecule has 0 aromatic carbocycles. The number of hydrogen-bond donors (Lipinski definition) is 3. The Bertz CT molecular complexity index is 943. The van der Waals surface area contributed by atoms with Crippen LogP contribution in [-0.2, 0) is 0 Å². The van der Waals surface area contributed by atoms with E-state index in [-0.39, 0.29) is 24.8 Å². The predicted molar refractivity (Wildman–Crippen MR) is 137 cm³/mol. The Hall–Kier alpha value is -3.08. The van der Waals surface area contributed by atoms with Crippen LogP contribution in [0, 0.1) is 6.92 Å². The van der Waals surface area contributed by atoms with Gasteiger partial charge in [-0.1, -0.05) is 26.7 Å². The molecule has 0 aliphatic rings. The maximum absolute atomic E-state index is 13.2. The van der Waals surface area contributed by atoms with E-state index in [1.54, 1.807) is 6.07 Å².